The number of sulfone groups is 1. The van der Waals surface area contributed by atoms with E-state index in [9.17, 15) is 13.2 Å². The van der Waals surface area contributed by atoms with Crippen molar-refractivity contribution in [2.75, 3.05) is 37.3 Å². The maximum Gasteiger partial charge on any atom is 0.260 e. The van der Waals surface area contributed by atoms with Gasteiger partial charge < -0.3 is 4.90 Å². The molecule has 0 atom stereocenters. The van der Waals surface area contributed by atoms with Crippen LogP contribution in [-0.4, -0.2) is 56.6 Å². The lowest BCUT2D eigenvalue weighted by Gasteiger charge is -2.25. The Bertz CT molecular complexity index is 1160. The van der Waals surface area contributed by atoms with Gasteiger partial charge in [-0.1, -0.05) is 48.9 Å². The number of aromatic nitrogens is 1. The number of nitrogens with zero attached hydrogens (tertiary/aromatic N) is 3. The van der Waals surface area contributed by atoms with Crippen molar-refractivity contribution >= 4 is 54.0 Å². The minimum absolute atomic E-state index is 0.116. The highest BCUT2D eigenvalue weighted by Crippen LogP contribution is 2.36. The average molecular weight is 480 g/mol. The summed E-state index contributed by atoms with van der Waals surface area (Å²) < 4.78 is 24.8. The normalized spacial score (nSPS) is 11.9. The summed E-state index contributed by atoms with van der Waals surface area (Å²) in [6, 6.07) is 9.88. The topological polar surface area (TPSA) is 70.6 Å². The van der Waals surface area contributed by atoms with Crippen LogP contribution in [0.25, 0.3) is 10.2 Å². The minimum atomic E-state index is -3.42. The van der Waals surface area contributed by atoms with Gasteiger partial charge in [0, 0.05) is 24.9 Å². The molecule has 0 unspecified atom stereocenters. The number of thiazole rings is 1. The van der Waals surface area contributed by atoms with E-state index in [1.165, 1.54) is 23.5 Å². The van der Waals surface area contributed by atoms with E-state index in [1.54, 1.807) is 17.0 Å². The van der Waals surface area contributed by atoms with E-state index in [1.807, 2.05) is 19.1 Å². The Kier molecular flexibility index (Phi) is 7.36. The molecule has 0 aliphatic heterocycles. The molecule has 166 valence electrons. The number of likely N-dealkylation sites (N-methyl/N-ethyl adjacent to an activating group) is 1. The summed E-state index contributed by atoms with van der Waals surface area (Å²) in [7, 11) is -3.42. The van der Waals surface area contributed by atoms with E-state index in [-0.39, 0.29) is 10.8 Å². The fraction of sp³-hybridized carbons (Fsp3) is 0.364. The third-order valence-corrected chi connectivity index (χ3v) is 7.85. The standard InChI is InChI=1S/C22H26ClN3O3S2/c1-5-25(6-2)12-13-26(21(27)16-8-7-9-17(14-16)31(4,28)29)22-24-19-15(3)10-11-18(23)20(19)30-22/h7-11,14H,5-6,12-13H2,1-4H3. The van der Waals surface area contributed by atoms with Gasteiger partial charge in [0.1, 0.15) is 0 Å². The predicted molar refractivity (Wildman–Crippen MR) is 128 cm³/mol. The van der Waals surface area contributed by atoms with Crippen LogP contribution < -0.4 is 4.90 Å². The quantitative estimate of drug-likeness (QED) is 0.470. The highest BCUT2D eigenvalue weighted by molar-refractivity contribution is 7.90. The third-order valence-electron chi connectivity index (χ3n) is 5.21. The molecule has 1 aromatic heterocycles. The number of aryl methyl sites for hydroxylation is 1. The molecule has 0 radical (unpaired) electrons. The van der Waals surface area contributed by atoms with E-state index in [4.69, 9.17) is 16.6 Å². The van der Waals surface area contributed by atoms with Crippen molar-refractivity contribution in [3.05, 3.63) is 52.5 Å². The number of amides is 1. The van der Waals surface area contributed by atoms with Gasteiger partial charge >= 0.3 is 0 Å². The van der Waals surface area contributed by atoms with Crippen molar-refractivity contribution in [1.82, 2.24) is 9.88 Å². The van der Waals surface area contributed by atoms with E-state index in [0.29, 0.717) is 28.8 Å². The van der Waals surface area contributed by atoms with Crippen LogP contribution in [0.5, 0.6) is 0 Å². The average Bonchev–Trinajstić information content (AvgIpc) is 3.19. The Morgan fingerprint density at radius 2 is 1.84 bits per heavy atom. The molecule has 0 aliphatic carbocycles. The minimum Gasteiger partial charge on any atom is -0.302 e. The lowest BCUT2D eigenvalue weighted by molar-refractivity contribution is 0.0983. The lowest BCUT2D eigenvalue weighted by Crippen LogP contribution is -2.39. The summed E-state index contributed by atoms with van der Waals surface area (Å²) in [5.41, 5.74) is 2.07. The molecular formula is C22H26ClN3O3S2. The van der Waals surface area contributed by atoms with Crippen molar-refractivity contribution in [1.29, 1.82) is 0 Å². The van der Waals surface area contributed by atoms with E-state index >= 15 is 0 Å². The molecule has 0 aliphatic rings. The summed E-state index contributed by atoms with van der Waals surface area (Å²) in [5.74, 6) is -0.287. The van der Waals surface area contributed by atoms with Crippen LogP contribution >= 0.6 is 22.9 Å². The monoisotopic (exact) mass is 479 g/mol. The molecule has 0 fully saturated rings. The smallest absolute Gasteiger partial charge is 0.260 e. The zero-order valence-corrected chi connectivity index (χ0v) is 20.4. The number of hydrogen-bond acceptors (Lipinski definition) is 6. The zero-order valence-electron chi connectivity index (χ0n) is 18.1. The van der Waals surface area contributed by atoms with Gasteiger partial charge in [0.25, 0.3) is 5.91 Å². The van der Waals surface area contributed by atoms with Gasteiger partial charge in [0.2, 0.25) is 0 Å². The van der Waals surface area contributed by atoms with Gasteiger partial charge in [0.05, 0.1) is 20.1 Å². The predicted octanol–water partition coefficient (Wildman–Crippen LogP) is 4.65. The van der Waals surface area contributed by atoms with Gasteiger partial charge in [-0.25, -0.2) is 13.4 Å². The second kappa shape index (κ2) is 9.65. The fourth-order valence-corrected chi connectivity index (χ4v) is 5.29. The van der Waals surface area contributed by atoms with Crippen LogP contribution in [0.2, 0.25) is 5.02 Å². The molecule has 2 aromatic carbocycles. The molecule has 1 heterocycles. The molecular weight excluding hydrogens is 454 g/mol. The Hall–Kier alpha value is -2.00. The SMILES string of the molecule is CCN(CC)CCN(C(=O)c1cccc(S(C)(=O)=O)c1)c1nc2c(C)ccc(Cl)c2s1. The first kappa shape index (κ1) is 23.7. The number of hydrogen-bond donors (Lipinski definition) is 0. The Balaban J connectivity index is 2.06. The molecule has 3 aromatic rings. The number of carbonyl (C=O) groups excluding carboxylic acids is 1. The molecule has 3 rings (SSSR count). The molecule has 0 spiro atoms. The molecule has 0 N–H and O–H groups in total. The van der Waals surface area contributed by atoms with Gasteiger partial charge in [0.15, 0.2) is 15.0 Å². The molecule has 31 heavy (non-hydrogen) atoms. The second-order valence-corrected chi connectivity index (χ2v) is 10.7. The van der Waals surface area contributed by atoms with Crippen LogP contribution in [0.1, 0.15) is 29.8 Å². The van der Waals surface area contributed by atoms with Crippen molar-refractivity contribution in [3.8, 4) is 0 Å². The summed E-state index contributed by atoms with van der Waals surface area (Å²) in [6.07, 6.45) is 1.13. The number of fused-ring (bicyclic) bond motifs is 1. The Labute approximate surface area is 192 Å². The van der Waals surface area contributed by atoms with Crippen LogP contribution in [0.3, 0.4) is 0 Å². The van der Waals surface area contributed by atoms with Crippen LogP contribution in [0.15, 0.2) is 41.3 Å². The summed E-state index contributed by atoms with van der Waals surface area (Å²) >= 11 is 7.75. The number of anilines is 1. The maximum atomic E-state index is 13.5. The number of halogens is 1. The molecule has 0 bridgehead atoms. The Morgan fingerprint density at radius 1 is 1.13 bits per heavy atom. The maximum absolute atomic E-state index is 13.5. The number of benzene rings is 2. The van der Waals surface area contributed by atoms with Crippen molar-refractivity contribution in [2.45, 2.75) is 25.7 Å². The van der Waals surface area contributed by atoms with Crippen molar-refractivity contribution in [2.24, 2.45) is 0 Å². The summed E-state index contributed by atoms with van der Waals surface area (Å²) in [6.45, 7) is 8.95. The third kappa shape index (κ3) is 5.26. The fourth-order valence-electron chi connectivity index (χ4n) is 3.29. The van der Waals surface area contributed by atoms with E-state index < -0.39 is 9.84 Å². The largest absolute Gasteiger partial charge is 0.302 e. The lowest BCUT2D eigenvalue weighted by atomic mass is 10.2. The summed E-state index contributed by atoms with van der Waals surface area (Å²) in [4.78, 5) is 22.2. The van der Waals surface area contributed by atoms with E-state index in [2.05, 4.69) is 18.7 Å². The Morgan fingerprint density at radius 3 is 2.45 bits per heavy atom. The molecule has 9 heteroatoms. The van der Waals surface area contributed by atoms with Gasteiger partial charge in [-0.15, -0.1) is 0 Å². The number of carbonyl (C=O) groups is 1. The van der Waals surface area contributed by atoms with Crippen molar-refractivity contribution in [3.63, 3.8) is 0 Å². The van der Waals surface area contributed by atoms with Gasteiger partial charge in [-0.3, -0.25) is 9.69 Å². The zero-order chi connectivity index (χ0) is 22.8. The second-order valence-electron chi connectivity index (χ2n) is 7.32. The molecule has 6 nitrogen and oxygen atoms in total. The van der Waals surface area contributed by atoms with Crippen LogP contribution in [0, 0.1) is 6.92 Å². The molecule has 1 amide bonds. The van der Waals surface area contributed by atoms with E-state index in [0.717, 1.165) is 35.1 Å². The number of rotatable bonds is 8. The highest BCUT2D eigenvalue weighted by Gasteiger charge is 2.24. The van der Waals surface area contributed by atoms with Gasteiger partial charge in [-0.2, -0.15) is 0 Å². The first-order valence-electron chi connectivity index (χ1n) is 10.1. The molecule has 0 saturated heterocycles. The van der Waals surface area contributed by atoms with Crippen molar-refractivity contribution < 1.29 is 13.2 Å². The van der Waals surface area contributed by atoms with Crippen LogP contribution in [-0.2, 0) is 9.84 Å². The van der Waals surface area contributed by atoms with Gasteiger partial charge in [-0.05, 0) is 49.8 Å². The highest BCUT2D eigenvalue weighted by atomic mass is 35.5. The first-order valence-corrected chi connectivity index (χ1v) is 13.1. The molecule has 0 saturated carbocycles. The summed E-state index contributed by atoms with van der Waals surface area (Å²) in [5, 5.41) is 1.15. The van der Waals surface area contributed by atoms with Crippen LogP contribution in [0.4, 0.5) is 5.13 Å². The first-order chi connectivity index (χ1) is 14.7.